The summed E-state index contributed by atoms with van der Waals surface area (Å²) in [5.41, 5.74) is 14.5. The van der Waals surface area contributed by atoms with Gasteiger partial charge < -0.3 is 18.1 Å². The van der Waals surface area contributed by atoms with Crippen LogP contribution in [0, 0.1) is 0 Å². The first-order valence-electron chi connectivity index (χ1n) is 23.6. The summed E-state index contributed by atoms with van der Waals surface area (Å²) in [7, 11) is 0. The predicted molar refractivity (Wildman–Crippen MR) is 286 cm³/mol. The van der Waals surface area contributed by atoms with Gasteiger partial charge >= 0.3 is 0 Å². The minimum atomic E-state index is 0.618. The molecule has 0 radical (unpaired) electrons. The molecule has 15 rings (SSSR count). The van der Waals surface area contributed by atoms with Gasteiger partial charge in [0.2, 0.25) is 0 Å². The molecule has 0 unspecified atom stereocenters. The molecule has 0 fully saturated rings. The highest BCUT2D eigenvalue weighted by atomic mass is 16.3. The Labute approximate surface area is 400 Å². The van der Waals surface area contributed by atoms with Crippen LogP contribution >= 0.6 is 0 Å². The molecular formula is C63H38N6O. The fourth-order valence-corrected chi connectivity index (χ4v) is 11.0. The molecule has 0 saturated heterocycles. The summed E-state index contributed by atoms with van der Waals surface area (Å²) in [4.78, 5) is 14.9. The van der Waals surface area contributed by atoms with Crippen LogP contribution in [0.5, 0.6) is 0 Å². The van der Waals surface area contributed by atoms with E-state index in [1.54, 1.807) is 0 Å². The molecular weight excluding hydrogens is 857 g/mol. The summed E-state index contributed by atoms with van der Waals surface area (Å²) in [5, 5.41) is 9.07. The van der Waals surface area contributed by atoms with Crippen LogP contribution in [0.15, 0.2) is 235 Å². The summed E-state index contributed by atoms with van der Waals surface area (Å²) in [6.07, 6.45) is 0. The standard InChI is InChI=1S/C63H38N6O/c1-4-16-39(17-5-1)61-64-62(40-18-6-2-7-19-40)66-63(65-61)41-28-30-43(31-29-41)68-53-27-15-12-24-49(53)57-55(68)36-33-47-48-34-37-56-58(60(48)70-59(47)57)50-38-44(32-35-54(50)67(56)42-20-8-3-9-21-42)69-51-25-13-10-22-45(51)46-23-11-14-26-52(46)69/h1-38H. The van der Waals surface area contributed by atoms with Gasteiger partial charge in [0.15, 0.2) is 17.5 Å². The Bertz CT molecular complexity index is 4450. The normalized spacial score (nSPS) is 12.0. The zero-order valence-electron chi connectivity index (χ0n) is 37.5. The Hall–Kier alpha value is -9.59. The number of rotatable bonds is 6. The molecule has 7 heteroatoms. The number of fused-ring (bicyclic) bond motifs is 14. The van der Waals surface area contributed by atoms with Crippen LogP contribution in [0.3, 0.4) is 0 Å². The van der Waals surface area contributed by atoms with Gasteiger partial charge in [-0.3, -0.25) is 0 Å². The van der Waals surface area contributed by atoms with Crippen molar-refractivity contribution in [3.63, 3.8) is 0 Å². The van der Waals surface area contributed by atoms with Crippen molar-refractivity contribution in [1.82, 2.24) is 28.7 Å². The average molecular weight is 895 g/mol. The van der Waals surface area contributed by atoms with E-state index in [1.807, 2.05) is 60.7 Å². The molecule has 5 aromatic heterocycles. The highest BCUT2D eigenvalue weighted by molar-refractivity contribution is 6.29. The van der Waals surface area contributed by atoms with Crippen molar-refractivity contribution in [2.24, 2.45) is 0 Å². The maximum atomic E-state index is 7.38. The molecule has 7 nitrogen and oxygen atoms in total. The van der Waals surface area contributed by atoms with E-state index in [4.69, 9.17) is 19.4 Å². The van der Waals surface area contributed by atoms with Crippen molar-refractivity contribution in [1.29, 1.82) is 0 Å². The molecule has 0 aliphatic rings. The van der Waals surface area contributed by atoms with E-state index in [1.165, 1.54) is 21.8 Å². The topological polar surface area (TPSA) is 66.6 Å². The predicted octanol–water partition coefficient (Wildman–Crippen LogP) is 16.1. The van der Waals surface area contributed by atoms with Gasteiger partial charge in [-0.15, -0.1) is 0 Å². The average Bonchev–Trinajstić information content (AvgIpc) is 4.18. The van der Waals surface area contributed by atoms with E-state index in [0.717, 1.165) is 99.3 Å². The minimum absolute atomic E-state index is 0.618. The smallest absolute Gasteiger partial charge is 0.164 e. The van der Waals surface area contributed by atoms with Gasteiger partial charge in [0.25, 0.3) is 0 Å². The van der Waals surface area contributed by atoms with Gasteiger partial charge in [0, 0.05) is 66.1 Å². The first-order chi connectivity index (χ1) is 34.7. The van der Waals surface area contributed by atoms with Gasteiger partial charge in [-0.1, -0.05) is 133 Å². The second-order valence-corrected chi connectivity index (χ2v) is 18.0. The van der Waals surface area contributed by atoms with Crippen molar-refractivity contribution in [2.45, 2.75) is 0 Å². The molecule has 0 saturated carbocycles. The summed E-state index contributed by atoms with van der Waals surface area (Å²) in [5.74, 6) is 1.89. The Morgan fingerprint density at radius 2 is 0.629 bits per heavy atom. The van der Waals surface area contributed by atoms with Crippen molar-refractivity contribution in [2.75, 3.05) is 0 Å². The van der Waals surface area contributed by atoms with Crippen molar-refractivity contribution in [3.05, 3.63) is 231 Å². The van der Waals surface area contributed by atoms with Gasteiger partial charge in [0.05, 0.1) is 43.9 Å². The van der Waals surface area contributed by atoms with E-state index in [9.17, 15) is 0 Å². The van der Waals surface area contributed by atoms with Crippen LogP contribution in [0.1, 0.15) is 0 Å². The molecule has 0 spiro atoms. The maximum Gasteiger partial charge on any atom is 0.164 e. The first-order valence-corrected chi connectivity index (χ1v) is 23.6. The molecule has 0 atom stereocenters. The number of para-hydroxylation sites is 4. The molecule has 0 aliphatic heterocycles. The van der Waals surface area contributed by atoms with E-state index in [-0.39, 0.29) is 0 Å². The Kier molecular flexibility index (Phi) is 8.23. The van der Waals surface area contributed by atoms with Gasteiger partial charge in [-0.05, 0) is 97.1 Å². The van der Waals surface area contributed by atoms with Crippen LogP contribution in [0.4, 0.5) is 0 Å². The third-order valence-corrected chi connectivity index (χ3v) is 14.1. The van der Waals surface area contributed by atoms with Gasteiger partial charge in [-0.25, -0.2) is 15.0 Å². The maximum absolute atomic E-state index is 7.38. The zero-order valence-corrected chi connectivity index (χ0v) is 37.5. The highest BCUT2D eigenvalue weighted by Crippen LogP contribution is 2.46. The third-order valence-electron chi connectivity index (χ3n) is 14.1. The summed E-state index contributed by atoms with van der Waals surface area (Å²) >= 11 is 0. The Balaban J connectivity index is 0.933. The SMILES string of the molecule is c1ccc(-c2nc(-c3ccccc3)nc(-c3ccc(-n4c5ccccc5c5c6oc7c(ccc8c7c7cc(-n9c%10ccccc%10c%10ccccc%109)ccc7n8-c7ccccc7)c6ccc54)cc3)n2)cc1. The Morgan fingerprint density at radius 1 is 0.257 bits per heavy atom. The zero-order chi connectivity index (χ0) is 45.9. The third kappa shape index (κ3) is 5.66. The molecule has 0 amide bonds. The summed E-state index contributed by atoms with van der Waals surface area (Å²) in [6.45, 7) is 0. The Morgan fingerprint density at radius 3 is 1.17 bits per heavy atom. The van der Waals surface area contributed by atoms with Crippen LogP contribution < -0.4 is 0 Å². The lowest BCUT2D eigenvalue weighted by molar-refractivity contribution is 0.677. The molecule has 0 aliphatic carbocycles. The van der Waals surface area contributed by atoms with Gasteiger partial charge in [-0.2, -0.15) is 0 Å². The molecule has 5 heterocycles. The number of aromatic nitrogens is 6. The van der Waals surface area contributed by atoms with Gasteiger partial charge in [0.1, 0.15) is 11.2 Å². The number of benzene rings is 10. The van der Waals surface area contributed by atoms with E-state index in [0.29, 0.717) is 17.5 Å². The number of hydrogen-bond acceptors (Lipinski definition) is 4. The fraction of sp³-hybridized carbons (Fsp3) is 0. The van der Waals surface area contributed by atoms with Crippen molar-refractivity contribution >= 4 is 87.4 Å². The van der Waals surface area contributed by atoms with Crippen molar-refractivity contribution < 1.29 is 4.42 Å². The van der Waals surface area contributed by atoms with Crippen LogP contribution in [0.2, 0.25) is 0 Å². The summed E-state index contributed by atoms with van der Waals surface area (Å²) < 4.78 is 14.5. The molecule has 70 heavy (non-hydrogen) atoms. The highest BCUT2D eigenvalue weighted by Gasteiger charge is 2.24. The molecule has 326 valence electrons. The molecule has 10 aromatic carbocycles. The lowest BCUT2D eigenvalue weighted by atomic mass is 10.1. The molecule has 0 bridgehead atoms. The second kappa shape index (κ2) is 15.0. The summed E-state index contributed by atoms with van der Waals surface area (Å²) in [6, 6.07) is 81.3. The molecule has 0 N–H and O–H groups in total. The van der Waals surface area contributed by atoms with Crippen molar-refractivity contribution in [3.8, 4) is 51.2 Å². The number of nitrogens with zero attached hydrogens (tertiary/aromatic N) is 6. The lowest BCUT2D eigenvalue weighted by Crippen LogP contribution is -2.00. The van der Waals surface area contributed by atoms with Crippen LogP contribution in [-0.2, 0) is 0 Å². The minimum Gasteiger partial charge on any atom is -0.455 e. The number of furan rings is 1. The fourth-order valence-electron chi connectivity index (χ4n) is 11.0. The van der Waals surface area contributed by atoms with E-state index < -0.39 is 0 Å². The van der Waals surface area contributed by atoms with Crippen LogP contribution in [-0.4, -0.2) is 28.7 Å². The quantitative estimate of drug-likeness (QED) is 0.167. The van der Waals surface area contributed by atoms with Crippen LogP contribution in [0.25, 0.3) is 139 Å². The largest absolute Gasteiger partial charge is 0.455 e. The van der Waals surface area contributed by atoms with E-state index in [2.05, 4.69) is 184 Å². The molecule has 15 aromatic rings. The lowest BCUT2D eigenvalue weighted by Gasteiger charge is -2.10. The van der Waals surface area contributed by atoms with E-state index >= 15 is 0 Å². The number of hydrogen-bond donors (Lipinski definition) is 0. The first kappa shape index (κ1) is 38.5. The second-order valence-electron chi connectivity index (χ2n) is 18.0. The monoisotopic (exact) mass is 894 g/mol.